The smallest absolute Gasteiger partial charge is 0.311 e. The molecule has 0 radical (unpaired) electrons. The molecule has 0 spiro atoms. The molecule has 6 nitrogen and oxygen atoms in total. The Balaban J connectivity index is 1.79. The van der Waals surface area contributed by atoms with Gasteiger partial charge in [-0.3, -0.25) is 10.1 Å². The molecule has 1 aromatic heterocycles. The van der Waals surface area contributed by atoms with Gasteiger partial charge in [0.2, 0.25) is 0 Å². The number of nitrogens with zero attached hydrogens (tertiary/aromatic N) is 3. The fourth-order valence-corrected chi connectivity index (χ4v) is 2.77. The highest BCUT2D eigenvalue weighted by molar-refractivity contribution is 6.35. The fraction of sp³-hybridized carbons (Fsp3) is 0.118. The van der Waals surface area contributed by atoms with Crippen LogP contribution in [-0.4, -0.2) is 14.5 Å². The van der Waals surface area contributed by atoms with E-state index in [2.05, 4.69) is 4.98 Å². The molecular weight excluding hydrogens is 365 g/mol. The molecule has 0 saturated heterocycles. The first-order valence-electron chi connectivity index (χ1n) is 7.33. The number of nitro benzene ring substituents is 1. The second-order valence-corrected chi connectivity index (χ2v) is 6.16. The molecule has 3 aromatic rings. The SMILES string of the molecule is O=[N+]([O-])c1cc(Cn2ccnc2)ccc1OCc1ccc(Cl)cc1Cl. The summed E-state index contributed by atoms with van der Waals surface area (Å²) in [5, 5.41) is 12.3. The summed E-state index contributed by atoms with van der Waals surface area (Å²) in [4.78, 5) is 14.9. The number of hydrogen-bond donors (Lipinski definition) is 0. The van der Waals surface area contributed by atoms with Crippen molar-refractivity contribution in [3.8, 4) is 5.75 Å². The van der Waals surface area contributed by atoms with Crippen LogP contribution in [0.3, 0.4) is 0 Å². The van der Waals surface area contributed by atoms with Crippen LogP contribution in [0, 0.1) is 10.1 Å². The molecule has 2 aromatic carbocycles. The molecule has 3 rings (SSSR count). The van der Waals surface area contributed by atoms with Gasteiger partial charge in [-0.05, 0) is 23.8 Å². The first kappa shape index (κ1) is 17.3. The molecule has 0 aliphatic carbocycles. The molecule has 25 heavy (non-hydrogen) atoms. The van der Waals surface area contributed by atoms with E-state index in [1.54, 1.807) is 49.1 Å². The van der Waals surface area contributed by atoms with Crippen LogP contribution in [0.25, 0.3) is 0 Å². The first-order chi connectivity index (χ1) is 12.0. The molecule has 0 N–H and O–H groups in total. The van der Waals surface area contributed by atoms with Gasteiger partial charge in [0.15, 0.2) is 5.75 Å². The van der Waals surface area contributed by atoms with Crippen LogP contribution in [0.2, 0.25) is 10.0 Å². The number of rotatable bonds is 6. The van der Waals surface area contributed by atoms with Crippen molar-refractivity contribution in [1.82, 2.24) is 9.55 Å². The minimum Gasteiger partial charge on any atom is -0.482 e. The summed E-state index contributed by atoms with van der Waals surface area (Å²) in [6, 6.07) is 9.89. The zero-order chi connectivity index (χ0) is 17.8. The summed E-state index contributed by atoms with van der Waals surface area (Å²) in [5.74, 6) is 0.186. The highest BCUT2D eigenvalue weighted by Gasteiger charge is 2.17. The quantitative estimate of drug-likeness (QED) is 0.460. The Hall–Kier alpha value is -2.57. The molecule has 0 atom stereocenters. The van der Waals surface area contributed by atoms with Crippen molar-refractivity contribution in [3.63, 3.8) is 0 Å². The van der Waals surface area contributed by atoms with Gasteiger partial charge in [0.1, 0.15) is 6.61 Å². The van der Waals surface area contributed by atoms with E-state index >= 15 is 0 Å². The monoisotopic (exact) mass is 377 g/mol. The number of imidazole rings is 1. The third-order valence-electron chi connectivity index (χ3n) is 3.54. The van der Waals surface area contributed by atoms with Gasteiger partial charge in [-0.25, -0.2) is 4.98 Å². The van der Waals surface area contributed by atoms with Gasteiger partial charge in [-0.1, -0.05) is 35.3 Å². The van der Waals surface area contributed by atoms with Crippen LogP contribution < -0.4 is 4.74 Å². The largest absolute Gasteiger partial charge is 0.482 e. The Morgan fingerprint density at radius 3 is 2.72 bits per heavy atom. The van der Waals surface area contributed by atoms with E-state index in [1.807, 2.05) is 4.57 Å². The predicted molar refractivity (Wildman–Crippen MR) is 95.2 cm³/mol. The van der Waals surface area contributed by atoms with E-state index < -0.39 is 4.92 Å². The lowest BCUT2D eigenvalue weighted by atomic mass is 10.2. The molecule has 0 bridgehead atoms. The van der Waals surface area contributed by atoms with Gasteiger partial charge in [-0.15, -0.1) is 0 Å². The van der Waals surface area contributed by atoms with Crippen LogP contribution in [-0.2, 0) is 13.2 Å². The van der Waals surface area contributed by atoms with Crippen molar-refractivity contribution in [2.24, 2.45) is 0 Å². The summed E-state index contributed by atoms with van der Waals surface area (Å²) in [5.41, 5.74) is 1.38. The maximum Gasteiger partial charge on any atom is 0.311 e. The Bertz CT molecular complexity index is 898. The van der Waals surface area contributed by atoms with Crippen LogP contribution in [0.15, 0.2) is 55.1 Å². The van der Waals surface area contributed by atoms with E-state index in [9.17, 15) is 10.1 Å². The average Bonchev–Trinajstić information content (AvgIpc) is 3.07. The maximum absolute atomic E-state index is 11.4. The molecule has 1 heterocycles. The number of aromatic nitrogens is 2. The van der Waals surface area contributed by atoms with Gasteiger partial charge in [0.25, 0.3) is 0 Å². The normalized spacial score (nSPS) is 10.6. The molecule has 0 aliphatic heterocycles. The summed E-state index contributed by atoms with van der Waals surface area (Å²) in [6.45, 7) is 0.599. The zero-order valence-electron chi connectivity index (χ0n) is 12.9. The first-order valence-corrected chi connectivity index (χ1v) is 8.08. The van der Waals surface area contributed by atoms with E-state index in [0.717, 1.165) is 5.56 Å². The molecule has 128 valence electrons. The second-order valence-electron chi connectivity index (χ2n) is 5.32. The maximum atomic E-state index is 11.4. The van der Waals surface area contributed by atoms with E-state index in [1.165, 1.54) is 6.07 Å². The lowest BCUT2D eigenvalue weighted by Crippen LogP contribution is -2.02. The third kappa shape index (κ3) is 4.29. The van der Waals surface area contributed by atoms with Crippen molar-refractivity contribution < 1.29 is 9.66 Å². The van der Waals surface area contributed by atoms with Gasteiger partial charge >= 0.3 is 5.69 Å². The van der Waals surface area contributed by atoms with E-state index in [-0.39, 0.29) is 18.0 Å². The van der Waals surface area contributed by atoms with Crippen molar-refractivity contribution in [1.29, 1.82) is 0 Å². The standard InChI is InChI=1S/C17H13Cl2N3O3/c18-14-3-2-13(15(19)8-14)10-25-17-4-1-12(7-16(17)22(23)24)9-21-6-5-20-11-21/h1-8,11H,9-10H2. The average molecular weight is 378 g/mol. The van der Waals surface area contributed by atoms with Gasteiger partial charge in [0, 0.05) is 40.6 Å². The van der Waals surface area contributed by atoms with E-state index in [4.69, 9.17) is 27.9 Å². The van der Waals surface area contributed by atoms with Crippen molar-refractivity contribution in [2.75, 3.05) is 0 Å². The number of hydrogen-bond acceptors (Lipinski definition) is 4. The van der Waals surface area contributed by atoms with Crippen molar-refractivity contribution >= 4 is 28.9 Å². The van der Waals surface area contributed by atoms with Crippen molar-refractivity contribution in [3.05, 3.63) is 86.4 Å². The Kier molecular flexibility index (Phi) is 5.21. The summed E-state index contributed by atoms with van der Waals surface area (Å²) < 4.78 is 7.43. The predicted octanol–water partition coefficient (Wildman–Crippen LogP) is 4.73. The van der Waals surface area contributed by atoms with Crippen LogP contribution in [0.4, 0.5) is 5.69 Å². The second kappa shape index (κ2) is 7.55. The summed E-state index contributed by atoms with van der Waals surface area (Å²) >= 11 is 12.0. The van der Waals surface area contributed by atoms with Crippen LogP contribution >= 0.6 is 23.2 Å². The van der Waals surface area contributed by atoms with E-state index in [0.29, 0.717) is 22.2 Å². The summed E-state index contributed by atoms with van der Waals surface area (Å²) in [6.07, 6.45) is 5.10. The summed E-state index contributed by atoms with van der Waals surface area (Å²) in [7, 11) is 0. The topological polar surface area (TPSA) is 70.2 Å². The molecule has 0 fully saturated rings. The zero-order valence-corrected chi connectivity index (χ0v) is 14.4. The Labute approximate surface area is 153 Å². The molecule has 0 unspecified atom stereocenters. The van der Waals surface area contributed by atoms with Crippen molar-refractivity contribution in [2.45, 2.75) is 13.2 Å². The highest BCUT2D eigenvalue weighted by Crippen LogP contribution is 2.30. The van der Waals surface area contributed by atoms with Gasteiger partial charge < -0.3 is 9.30 Å². The highest BCUT2D eigenvalue weighted by atomic mass is 35.5. The molecule has 8 heteroatoms. The van der Waals surface area contributed by atoms with Crippen LogP contribution in [0.1, 0.15) is 11.1 Å². The minimum absolute atomic E-state index is 0.0947. The van der Waals surface area contributed by atoms with Gasteiger partial charge in [-0.2, -0.15) is 0 Å². The third-order valence-corrected chi connectivity index (χ3v) is 4.13. The van der Waals surface area contributed by atoms with Gasteiger partial charge in [0.05, 0.1) is 11.3 Å². The number of ether oxygens (including phenoxy) is 1. The molecule has 0 aliphatic rings. The molecular formula is C17H13Cl2N3O3. The minimum atomic E-state index is -0.462. The lowest BCUT2D eigenvalue weighted by molar-refractivity contribution is -0.386. The molecule has 0 amide bonds. The number of nitro groups is 1. The van der Waals surface area contributed by atoms with Crippen LogP contribution in [0.5, 0.6) is 5.75 Å². The number of benzene rings is 2. The Morgan fingerprint density at radius 2 is 2.04 bits per heavy atom. The molecule has 0 saturated carbocycles. The lowest BCUT2D eigenvalue weighted by Gasteiger charge is -2.10. The fourth-order valence-electron chi connectivity index (χ4n) is 2.31. The number of halogens is 2. The Morgan fingerprint density at radius 1 is 1.20 bits per heavy atom.